The van der Waals surface area contributed by atoms with Crippen molar-refractivity contribution < 1.29 is 33.3 Å². The first-order chi connectivity index (χ1) is 18.9. The monoisotopic (exact) mass is 543 g/mol. The van der Waals surface area contributed by atoms with Crippen LogP contribution in [-0.4, -0.2) is 40.2 Å². The zero-order valence-electron chi connectivity index (χ0n) is 23.5. The molecule has 0 amide bonds. The Balaban J connectivity index is 1.70. The molecule has 208 valence electrons. The maximum absolute atomic E-state index is 13.7. The fraction of sp³-hybridized carbons (Fsp3) is 0.281. The highest BCUT2D eigenvalue weighted by molar-refractivity contribution is 6.13. The van der Waals surface area contributed by atoms with E-state index in [2.05, 4.69) is 0 Å². The van der Waals surface area contributed by atoms with Crippen LogP contribution in [0.3, 0.4) is 0 Å². The van der Waals surface area contributed by atoms with E-state index in [1.165, 1.54) is 4.57 Å². The van der Waals surface area contributed by atoms with Crippen molar-refractivity contribution in [2.24, 2.45) is 0 Å². The zero-order chi connectivity index (χ0) is 29.1. The Kier molecular flexibility index (Phi) is 8.00. The van der Waals surface area contributed by atoms with Crippen LogP contribution in [0, 0.1) is 0 Å². The molecule has 0 radical (unpaired) electrons. The van der Waals surface area contributed by atoms with Gasteiger partial charge in [0.15, 0.2) is 5.60 Å². The molecule has 0 N–H and O–H groups in total. The Morgan fingerprint density at radius 3 is 2.02 bits per heavy atom. The van der Waals surface area contributed by atoms with E-state index >= 15 is 0 Å². The highest BCUT2D eigenvalue weighted by atomic mass is 16.6. The molecular formula is C32H33NO7. The molecule has 0 atom stereocenters. The first kappa shape index (κ1) is 28.4. The first-order valence-corrected chi connectivity index (χ1v) is 13.0. The number of rotatable bonds is 8. The summed E-state index contributed by atoms with van der Waals surface area (Å²) in [6.45, 7) is 10.4. The van der Waals surface area contributed by atoms with Crippen molar-refractivity contribution in [3.8, 4) is 17.2 Å². The van der Waals surface area contributed by atoms with Gasteiger partial charge in [0.05, 0.1) is 12.1 Å². The summed E-state index contributed by atoms with van der Waals surface area (Å²) in [7, 11) is 0. The molecule has 3 aromatic carbocycles. The fourth-order valence-corrected chi connectivity index (χ4v) is 4.02. The lowest BCUT2D eigenvalue weighted by Crippen LogP contribution is -2.39. The van der Waals surface area contributed by atoms with E-state index in [0.29, 0.717) is 33.7 Å². The smallest absolute Gasteiger partial charge is 0.419 e. The van der Waals surface area contributed by atoms with Gasteiger partial charge in [-0.1, -0.05) is 18.2 Å². The number of nitrogens with zero attached hydrogens (tertiary/aromatic N) is 1. The quantitative estimate of drug-likeness (QED) is 0.172. The molecule has 0 aliphatic rings. The third kappa shape index (κ3) is 6.51. The summed E-state index contributed by atoms with van der Waals surface area (Å²) in [5, 5.41) is 0.565. The van der Waals surface area contributed by atoms with Crippen molar-refractivity contribution in [2.45, 2.75) is 52.7 Å². The second-order valence-corrected chi connectivity index (χ2v) is 10.7. The molecule has 0 spiro atoms. The molecule has 8 nitrogen and oxygen atoms in total. The van der Waals surface area contributed by atoms with Gasteiger partial charge in [0, 0.05) is 10.9 Å². The van der Waals surface area contributed by atoms with Gasteiger partial charge >= 0.3 is 12.1 Å². The molecule has 0 bridgehead atoms. The van der Waals surface area contributed by atoms with Gasteiger partial charge in [-0.25, -0.2) is 14.2 Å². The molecule has 1 heterocycles. The average molecular weight is 544 g/mol. The van der Waals surface area contributed by atoms with Crippen LogP contribution in [0.5, 0.6) is 17.2 Å². The maximum atomic E-state index is 13.7. The standard InChI is InChI=1S/C32H33NO7/c1-7-37-29(35)32(5,6)39-25-17-18-26-22(19-25)20-27(33(26)30(36)40-31(2,3)4)28(34)21-13-15-24(16-14-21)38-23-11-9-8-10-12-23/h8-20H,7H2,1-6H3. The van der Waals surface area contributed by atoms with Crippen LogP contribution in [0.25, 0.3) is 10.9 Å². The number of para-hydroxylation sites is 1. The molecule has 0 aliphatic heterocycles. The van der Waals surface area contributed by atoms with Crippen LogP contribution in [-0.2, 0) is 14.3 Å². The molecule has 0 saturated heterocycles. The van der Waals surface area contributed by atoms with Crippen LogP contribution in [0.2, 0.25) is 0 Å². The lowest BCUT2D eigenvalue weighted by Gasteiger charge is -2.24. The molecule has 8 heteroatoms. The number of hydrogen-bond acceptors (Lipinski definition) is 7. The van der Waals surface area contributed by atoms with Crippen molar-refractivity contribution >= 4 is 28.7 Å². The highest BCUT2D eigenvalue weighted by Crippen LogP contribution is 2.30. The van der Waals surface area contributed by atoms with Gasteiger partial charge < -0.3 is 18.9 Å². The van der Waals surface area contributed by atoms with Crippen LogP contribution in [0.15, 0.2) is 78.9 Å². The van der Waals surface area contributed by atoms with Crippen molar-refractivity contribution in [3.63, 3.8) is 0 Å². The lowest BCUT2D eigenvalue weighted by atomic mass is 10.1. The van der Waals surface area contributed by atoms with E-state index in [4.69, 9.17) is 18.9 Å². The van der Waals surface area contributed by atoms with Gasteiger partial charge in [0.1, 0.15) is 28.5 Å². The summed E-state index contributed by atoms with van der Waals surface area (Å²) in [5.41, 5.74) is -1.06. The summed E-state index contributed by atoms with van der Waals surface area (Å²) in [5.74, 6) is 0.755. The molecule has 40 heavy (non-hydrogen) atoms. The number of hydrogen-bond donors (Lipinski definition) is 0. The number of carbonyl (C=O) groups is 3. The molecular weight excluding hydrogens is 510 g/mol. The van der Waals surface area contributed by atoms with E-state index in [1.54, 1.807) is 90.1 Å². The fourth-order valence-electron chi connectivity index (χ4n) is 4.02. The summed E-state index contributed by atoms with van der Waals surface area (Å²) in [6, 6.07) is 22.6. The minimum absolute atomic E-state index is 0.128. The predicted octanol–water partition coefficient (Wildman–Crippen LogP) is 7.17. The van der Waals surface area contributed by atoms with Crippen LogP contribution in [0.4, 0.5) is 4.79 Å². The summed E-state index contributed by atoms with van der Waals surface area (Å²) >= 11 is 0. The number of aromatic nitrogens is 1. The minimum atomic E-state index is -1.24. The van der Waals surface area contributed by atoms with Gasteiger partial charge in [-0.2, -0.15) is 0 Å². The molecule has 0 fully saturated rings. The topological polar surface area (TPSA) is 93.1 Å². The van der Waals surface area contributed by atoms with Crippen molar-refractivity contribution in [1.82, 2.24) is 4.57 Å². The number of ketones is 1. The SMILES string of the molecule is CCOC(=O)C(C)(C)Oc1ccc2c(c1)cc(C(=O)c1ccc(Oc3ccccc3)cc1)n2C(=O)OC(C)(C)C. The van der Waals surface area contributed by atoms with Gasteiger partial charge in [0.25, 0.3) is 0 Å². The first-order valence-electron chi connectivity index (χ1n) is 13.0. The normalized spacial score (nSPS) is 11.7. The Morgan fingerprint density at radius 1 is 0.775 bits per heavy atom. The van der Waals surface area contributed by atoms with E-state index in [9.17, 15) is 14.4 Å². The van der Waals surface area contributed by atoms with Crippen LogP contribution >= 0.6 is 0 Å². The molecule has 0 aliphatic carbocycles. The Morgan fingerprint density at radius 2 is 1.40 bits per heavy atom. The maximum Gasteiger partial charge on any atom is 0.419 e. The summed E-state index contributed by atoms with van der Waals surface area (Å²) < 4.78 is 23.8. The summed E-state index contributed by atoms with van der Waals surface area (Å²) in [6.07, 6.45) is -0.685. The highest BCUT2D eigenvalue weighted by Gasteiger charge is 2.32. The minimum Gasteiger partial charge on any atom is -0.476 e. The second kappa shape index (κ2) is 11.3. The molecule has 4 rings (SSSR count). The third-order valence-electron chi connectivity index (χ3n) is 5.82. The summed E-state index contributed by atoms with van der Waals surface area (Å²) in [4.78, 5) is 39.3. The Hall–Kier alpha value is -4.59. The van der Waals surface area contributed by atoms with E-state index in [1.807, 2.05) is 30.3 Å². The molecule has 0 saturated carbocycles. The second-order valence-electron chi connectivity index (χ2n) is 10.7. The average Bonchev–Trinajstić information content (AvgIpc) is 3.27. The zero-order valence-corrected chi connectivity index (χ0v) is 23.5. The number of benzene rings is 3. The Labute approximate surface area is 233 Å². The van der Waals surface area contributed by atoms with Gasteiger partial charge in [-0.05, 0) is 102 Å². The third-order valence-corrected chi connectivity index (χ3v) is 5.82. The van der Waals surface area contributed by atoms with Crippen molar-refractivity contribution in [3.05, 3.63) is 90.1 Å². The van der Waals surface area contributed by atoms with Crippen LogP contribution in [0.1, 0.15) is 57.6 Å². The van der Waals surface area contributed by atoms with Crippen molar-refractivity contribution in [1.29, 1.82) is 0 Å². The number of fused-ring (bicyclic) bond motifs is 1. The number of ether oxygens (including phenoxy) is 4. The van der Waals surface area contributed by atoms with Gasteiger partial charge in [0.2, 0.25) is 5.78 Å². The van der Waals surface area contributed by atoms with Gasteiger partial charge in [-0.3, -0.25) is 4.79 Å². The van der Waals surface area contributed by atoms with Gasteiger partial charge in [-0.15, -0.1) is 0 Å². The predicted molar refractivity (Wildman–Crippen MR) is 151 cm³/mol. The number of carbonyl (C=O) groups excluding carboxylic acids is 3. The van der Waals surface area contributed by atoms with E-state index in [-0.39, 0.29) is 18.1 Å². The largest absolute Gasteiger partial charge is 0.476 e. The van der Waals surface area contributed by atoms with E-state index in [0.717, 1.165) is 0 Å². The van der Waals surface area contributed by atoms with E-state index < -0.39 is 23.3 Å². The molecule has 4 aromatic rings. The molecule has 1 aromatic heterocycles. The van der Waals surface area contributed by atoms with Crippen LogP contribution < -0.4 is 9.47 Å². The van der Waals surface area contributed by atoms with Crippen molar-refractivity contribution in [2.75, 3.05) is 6.61 Å². The molecule has 0 unspecified atom stereocenters. The Bertz CT molecular complexity index is 1530. The lowest BCUT2D eigenvalue weighted by molar-refractivity contribution is -0.158. The number of esters is 1.